The van der Waals surface area contributed by atoms with Gasteiger partial charge in [-0.2, -0.15) is 0 Å². The van der Waals surface area contributed by atoms with Crippen LogP contribution < -0.4 is 0 Å². The van der Waals surface area contributed by atoms with E-state index in [4.69, 9.17) is 4.52 Å². The van der Waals surface area contributed by atoms with E-state index in [2.05, 4.69) is 13.8 Å². The third kappa shape index (κ3) is 6.37. The van der Waals surface area contributed by atoms with Crippen LogP contribution in [0.4, 0.5) is 0 Å². The normalized spacial score (nSPS) is 15.9. The molecule has 0 saturated carbocycles. The topological polar surface area (TPSA) is 26.3 Å². The molecule has 0 saturated heterocycles. The molecular formula is C12H27O2P. The molecule has 0 N–H and O–H groups in total. The fourth-order valence-electron chi connectivity index (χ4n) is 1.58. The van der Waals surface area contributed by atoms with Gasteiger partial charge in [0.05, 0.1) is 6.61 Å². The zero-order valence-electron chi connectivity index (χ0n) is 11.0. The van der Waals surface area contributed by atoms with Crippen LogP contribution in [0, 0.1) is 5.92 Å². The molecule has 3 heteroatoms. The summed E-state index contributed by atoms with van der Waals surface area (Å²) in [6.45, 7) is 10.9. The average molecular weight is 234 g/mol. The van der Waals surface area contributed by atoms with Crippen molar-refractivity contribution in [2.24, 2.45) is 5.92 Å². The lowest BCUT2D eigenvalue weighted by molar-refractivity contribution is 0.326. The van der Waals surface area contributed by atoms with Crippen LogP contribution in [0.25, 0.3) is 0 Å². The molecule has 0 aromatic rings. The van der Waals surface area contributed by atoms with E-state index in [1.54, 1.807) is 0 Å². The maximum Gasteiger partial charge on any atom is 0.205 e. The molecule has 0 fully saturated rings. The van der Waals surface area contributed by atoms with E-state index < -0.39 is 7.37 Å². The Labute approximate surface area is 95.2 Å². The van der Waals surface area contributed by atoms with E-state index in [0.29, 0.717) is 6.61 Å². The summed E-state index contributed by atoms with van der Waals surface area (Å²) in [7, 11) is -2.35. The van der Waals surface area contributed by atoms with Gasteiger partial charge in [0.15, 0.2) is 0 Å². The van der Waals surface area contributed by atoms with Crippen LogP contribution in [-0.4, -0.2) is 18.4 Å². The molecular weight excluding hydrogens is 207 g/mol. The van der Waals surface area contributed by atoms with Gasteiger partial charge in [-0.15, -0.1) is 0 Å². The first-order chi connectivity index (χ1) is 6.92. The summed E-state index contributed by atoms with van der Waals surface area (Å²) < 4.78 is 17.8. The average Bonchev–Trinajstić information content (AvgIpc) is 2.12. The van der Waals surface area contributed by atoms with Crippen molar-refractivity contribution < 1.29 is 9.09 Å². The molecule has 1 atom stereocenters. The van der Waals surface area contributed by atoms with Gasteiger partial charge in [-0.3, -0.25) is 4.57 Å². The van der Waals surface area contributed by atoms with Gasteiger partial charge in [-0.1, -0.05) is 40.5 Å². The Morgan fingerprint density at radius 2 is 1.73 bits per heavy atom. The first-order valence-electron chi connectivity index (χ1n) is 6.15. The maximum atomic E-state index is 12.3. The van der Waals surface area contributed by atoms with Crippen LogP contribution in [-0.2, 0) is 9.09 Å². The molecule has 0 spiro atoms. The monoisotopic (exact) mass is 234 g/mol. The second-order valence-electron chi connectivity index (χ2n) is 4.85. The zero-order valence-corrected chi connectivity index (χ0v) is 11.8. The van der Waals surface area contributed by atoms with E-state index in [0.717, 1.165) is 18.5 Å². The highest BCUT2D eigenvalue weighted by atomic mass is 31.2. The van der Waals surface area contributed by atoms with E-state index in [-0.39, 0.29) is 5.66 Å². The lowest BCUT2D eigenvalue weighted by Gasteiger charge is -2.21. The SMILES string of the molecule is CCOP(=O)(CCCCC(C)C)C(C)C. The Morgan fingerprint density at radius 3 is 2.13 bits per heavy atom. The molecule has 0 aromatic heterocycles. The van der Waals surface area contributed by atoms with Crippen molar-refractivity contribution in [2.45, 2.75) is 59.5 Å². The number of hydrogen-bond acceptors (Lipinski definition) is 2. The minimum atomic E-state index is -2.35. The Morgan fingerprint density at radius 1 is 1.13 bits per heavy atom. The smallest absolute Gasteiger partial charge is 0.205 e. The fraction of sp³-hybridized carbons (Fsp3) is 1.00. The molecule has 0 rings (SSSR count). The Bertz CT molecular complexity index is 200. The van der Waals surface area contributed by atoms with Gasteiger partial charge in [0.1, 0.15) is 0 Å². The van der Waals surface area contributed by atoms with Crippen molar-refractivity contribution in [2.75, 3.05) is 12.8 Å². The fourth-order valence-corrected chi connectivity index (χ4v) is 3.62. The standard InChI is InChI=1S/C12H27O2P/c1-6-14-15(13,12(4)5)10-8-7-9-11(2)3/h11-12H,6-10H2,1-5H3. The van der Waals surface area contributed by atoms with Crippen LogP contribution in [0.5, 0.6) is 0 Å². The van der Waals surface area contributed by atoms with Crippen LogP contribution in [0.1, 0.15) is 53.9 Å². The van der Waals surface area contributed by atoms with Crippen molar-refractivity contribution in [3.05, 3.63) is 0 Å². The van der Waals surface area contributed by atoms with Gasteiger partial charge in [0.2, 0.25) is 7.37 Å². The number of unbranched alkanes of at least 4 members (excludes halogenated alkanes) is 1. The van der Waals surface area contributed by atoms with Crippen LogP contribution in [0.2, 0.25) is 0 Å². The molecule has 0 aromatic carbocycles. The van der Waals surface area contributed by atoms with Gasteiger partial charge < -0.3 is 4.52 Å². The predicted octanol–water partition coefficient (Wildman–Crippen LogP) is 4.54. The highest BCUT2D eigenvalue weighted by molar-refractivity contribution is 7.59. The van der Waals surface area contributed by atoms with E-state index in [1.165, 1.54) is 12.8 Å². The van der Waals surface area contributed by atoms with Gasteiger partial charge >= 0.3 is 0 Å². The molecule has 0 bridgehead atoms. The molecule has 15 heavy (non-hydrogen) atoms. The molecule has 92 valence electrons. The van der Waals surface area contributed by atoms with Crippen LogP contribution in [0.3, 0.4) is 0 Å². The molecule has 0 heterocycles. The minimum absolute atomic E-state index is 0.163. The second kappa shape index (κ2) is 7.46. The van der Waals surface area contributed by atoms with E-state index in [1.807, 2.05) is 20.8 Å². The Hall–Kier alpha value is 0.190. The first kappa shape index (κ1) is 15.2. The zero-order chi connectivity index (χ0) is 11.9. The van der Waals surface area contributed by atoms with Crippen molar-refractivity contribution in [3.63, 3.8) is 0 Å². The Kier molecular flexibility index (Phi) is 7.56. The highest BCUT2D eigenvalue weighted by Gasteiger charge is 2.26. The molecule has 2 nitrogen and oxygen atoms in total. The van der Waals surface area contributed by atoms with Gasteiger partial charge in [0, 0.05) is 11.8 Å². The predicted molar refractivity (Wildman–Crippen MR) is 67.9 cm³/mol. The molecule has 0 aliphatic heterocycles. The van der Waals surface area contributed by atoms with E-state index in [9.17, 15) is 4.57 Å². The van der Waals surface area contributed by atoms with Gasteiger partial charge in [-0.25, -0.2) is 0 Å². The Balaban J connectivity index is 3.92. The molecule has 1 unspecified atom stereocenters. The number of hydrogen-bond donors (Lipinski definition) is 0. The summed E-state index contributed by atoms with van der Waals surface area (Å²) in [6.07, 6.45) is 4.19. The first-order valence-corrected chi connectivity index (χ1v) is 8.03. The molecule has 0 radical (unpaired) electrons. The molecule has 0 aliphatic carbocycles. The summed E-state index contributed by atoms with van der Waals surface area (Å²) in [5.74, 6) is 0.746. The van der Waals surface area contributed by atoms with Crippen LogP contribution in [0.15, 0.2) is 0 Å². The lowest BCUT2D eigenvalue weighted by atomic mass is 10.1. The van der Waals surface area contributed by atoms with Gasteiger partial charge in [-0.05, 0) is 19.3 Å². The minimum Gasteiger partial charge on any atom is -0.329 e. The summed E-state index contributed by atoms with van der Waals surface area (Å²) in [4.78, 5) is 0. The lowest BCUT2D eigenvalue weighted by Crippen LogP contribution is -2.06. The van der Waals surface area contributed by atoms with E-state index >= 15 is 0 Å². The third-order valence-corrected chi connectivity index (χ3v) is 5.84. The van der Waals surface area contributed by atoms with Crippen molar-refractivity contribution in [3.8, 4) is 0 Å². The quantitative estimate of drug-likeness (QED) is 0.455. The summed E-state index contributed by atoms with van der Waals surface area (Å²) in [5, 5.41) is 0. The highest BCUT2D eigenvalue weighted by Crippen LogP contribution is 2.52. The molecule has 0 aliphatic rings. The largest absolute Gasteiger partial charge is 0.329 e. The van der Waals surface area contributed by atoms with Crippen molar-refractivity contribution in [1.29, 1.82) is 0 Å². The van der Waals surface area contributed by atoms with Crippen molar-refractivity contribution >= 4 is 7.37 Å². The summed E-state index contributed by atoms with van der Waals surface area (Å²) in [6, 6.07) is 0. The summed E-state index contributed by atoms with van der Waals surface area (Å²) >= 11 is 0. The summed E-state index contributed by atoms with van der Waals surface area (Å²) in [5.41, 5.74) is 0.163. The molecule has 0 amide bonds. The van der Waals surface area contributed by atoms with Gasteiger partial charge in [0.25, 0.3) is 0 Å². The maximum absolute atomic E-state index is 12.3. The van der Waals surface area contributed by atoms with Crippen LogP contribution >= 0.6 is 7.37 Å². The van der Waals surface area contributed by atoms with Crippen molar-refractivity contribution in [1.82, 2.24) is 0 Å². The number of rotatable bonds is 8. The second-order valence-corrected chi connectivity index (χ2v) is 8.04. The third-order valence-electron chi connectivity index (χ3n) is 2.64.